The first-order valence-corrected chi connectivity index (χ1v) is 3.14. The van der Waals surface area contributed by atoms with Crippen molar-refractivity contribution >= 4 is 6.03 Å². The second-order valence-electron chi connectivity index (χ2n) is 1.90. The van der Waals surface area contributed by atoms with Crippen LogP contribution in [0.3, 0.4) is 0 Å². The summed E-state index contributed by atoms with van der Waals surface area (Å²) in [5.41, 5.74) is 0. The molecule has 0 heterocycles. The average molecular weight is 140 g/mol. The van der Waals surface area contributed by atoms with Crippen LogP contribution in [0.5, 0.6) is 0 Å². The molecule has 10 heavy (non-hydrogen) atoms. The summed E-state index contributed by atoms with van der Waals surface area (Å²) < 4.78 is 0. The van der Waals surface area contributed by atoms with E-state index in [9.17, 15) is 4.79 Å². The molecule has 3 heteroatoms. The van der Waals surface area contributed by atoms with Gasteiger partial charge in [-0.05, 0) is 6.92 Å². The van der Waals surface area contributed by atoms with Gasteiger partial charge in [0.1, 0.15) is 0 Å². The predicted molar refractivity (Wildman–Crippen MR) is 40.5 cm³/mol. The number of nitrogens with one attached hydrogen (secondary N) is 1. The Morgan fingerprint density at radius 1 is 1.80 bits per heavy atom. The van der Waals surface area contributed by atoms with Crippen LogP contribution < -0.4 is 5.32 Å². The van der Waals surface area contributed by atoms with Gasteiger partial charge in [0.2, 0.25) is 0 Å². The van der Waals surface area contributed by atoms with Crippen LogP contribution >= 0.6 is 0 Å². The SMILES string of the molecule is C#CCN(C)C(=O)NCC. The third-order valence-corrected chi connectivity index (χ3v) is 1.00. The molecule has 0 saturated heterocycles. The van der Waals surface area contributed by atoms with Crippen LogP contribution in [0.4, 0.5) is 4.79 Å². The Bertz CT molecular complexity index is 148. The Morgan fingerprint density at radius 2 is 2.40 bits per heavy atom. The van der Waals surface area contributed by atoms with Crippen molar-refractivity contribution in [2.45, 2.75) is 6.92 Å². The molecule has 0 aliphatic carbocycles. The molecule has 0 fully saturated rings. The highest BCUT2D eigenvalue weighted by Crippen LogP contribution is 1.80. The fourth-order valence-corrected chi connectivity index (χ4v) is 0.495. The van der Waals surface area contributed by atoms with E-state index in [-0.39, 0.29) is 6.03 Å². The lowest BCUT2D eigenvalue weighted by molar-refractivity contribution is 0.214. The van der Waals surface area contributed by atoms with Gasteiger partial charge in [-0.15, -0.1) is 6.42 Å². The van der Waals surface area contributed by atoms with Gasteiger partial charge in [-0.2, -0.15) is 0 Å². The van der Waals surface area contributed by atoms with Crippen LogP contribution in [-0.4, -0.2) is 31.1 Å². The Kier molecular flexibility index (Phi) is 4.14. The zero-order valence-corrected chi connectivity index (χ0v) is 6.35. The maximum atomic E-state index is 10.9. The fraction of sp³-hybridized carbons (Fsp3) is 0.571. The van der Waals surface area contributed by atoms with E-state index in [1.165, 1.54) is 4.90 Å². The second-order valence-corrected chi connectivity index (χ2v) is 1.90. The summed E-state index contributed by atoms with van der Waals surface area (Å²) in [5.74, 6) is 2.37. The quantitative estimate of drug-likeness (QED) is 0.549. The van der Waals surface area contributed by atoms with Crippen molar-refractivity contribution in [3.8, 4) is 12.3 Å². The highest BCUT2D eigenvalue weighted by atomic mass is 16.2. The molecule has 0 aromatic rings. The van der Waals surface area contributed by atoms with Crippen molar-refractivity contribution in [3.63, 3.8) is 0 Å². The van der Waals surface area contributed by atoms with Crippen LogP contribution in [0.25, 0.3) is 0 Å². The highest BCUT2D eigenvalue weighted by molar-refractivity contribution is 5.73. The van der Waals surface area contributed by atoms with Gasteiger partial charge in [0.05, 0.1) is 6.54 Å². The molecule has 1 N–H and O–H groups in total. The van der Waals surface area contributed by atoms with E-state index >= 15 is 0 Å². The zero-order valence-electron chi connectivity index (χ0n) is 6.35. The fourth-order valence-electron chi connectivity index (χ4n) is 0.495. The number of amides is 2. The molecule has 0 atom stereocenters. The molecule has 0 saturated carbocycles. The van der Waals surface area contributed by atoms with Crippen LogP contribution in [0, 0.1) is 12.3 Å². The first kappa shape index (κ1) is 8.83. The number of hydrogen-bond acceptors (Lipinski definition) is 1. The van der Waals surface area contributed by atoms with Gasteiger partial charge in [-0.25, -0.2) is 4.79 Å². The van der Waals surface area contributed by atoms with Crippen LogP contribution in [-0.2, 0) is 0 Å². The standard InChI is InChI=1S/C7H12N2O/c1-4-6-9(3)7(10)8-5-2/h1H,5-6H2,2-3H3,(H,8,10). The van der Waals surface area contributed by atoms with Crippen LogP contribution in [0.2, 0.25) is 0 Å². The summed E-state index contributed by atoms with van der Waals surface area (Å²) >= 11 is 0. The van der Waals surface area contributed by atoms with Gasteiger partial charge >= 0.3 is 6.03 Å². The number of nitrogens with zero attached hydrogens (tertiary/aromatic N) is 1. The summed E-state index contributed by atoms with van der Waals surface area (Å²) in [7, 11) is 1.66. The number of rotatable bonds is 2. The van der Waals surface area contributed by atoms with E-state index in [1.807, 2.05) is 6.92 Å². The maximum absolute atomic E-state index is 10.9. The Morgan fingerprint density at radius 3 is 2.80 bits per heavy atom. The minimum atomic E-state index is -0.125. The molecule has 3 nitrogen and oxygen atoms in total. The third kappa shape index (κ3) is 2.98. The number of urea groups is 1. The van der Waals surface area contributed by atoms with Gasteiger partial charge in [-0.1, -0.05) is 5.92 Å². The maximum Gasteiger partial charge on any atom is 0.317 e. The summed E-state index contributed by atoms with van der Waals surface area (Å²) in [6, 6.07) is -0.125. The Hall–Kier alpha value is -1.17. The lowest BCUT2D eigenvalue weighted by Crippen LogP contribution is -2.37. The van der Waals surface area contributed by atoms with E-state index in [0.29, 0.717) is 13.1 Å². The summed E-state index contributed by atoms with van der Waals surface area (Å²) in [5, 5.41) is 2.62. The predicted octanol–water partition coefficient (Wildman–Crippen LogP) is 0.281. The molecule has 0 bridgehead atoms. The second kappa shape index (κ2) is 4.68. The van der Waals surface area contributed by atoms with Crippen LogP contribution in [0.1, 0.15) is 6.92 Å². The van der Waals surface area contributed by atoms with Gasteiger partial charge in [0.25, 0.3) is 0 Å². The van der Waals surface area contributed by atoms with Gasteiger partial charge in [0, 0.05) is 13.6 Å². The zero-order chi connectivity index (χ0) is 7.98. The molecule has 56 valence electrons. The molecule has 0 aromatic heterocycles. The van der Waals surface area contributed by atoms with Crippen molar-refractivity contribution in [1.82, 2.24) is 10.2 Å². The molecular weight excluding hydrogens is 128 g/mol. The first-order valence-electron chi connectivity index (χ1n) is 3.14. The van der Waals surface area contributed by atoms with Gasteiger partial charge in [0.15, 0.2) is 0 Å². The third-order valence-electron chi connectivity index (χ3n) is 1.00. The molecule has 0 aliphatic heterocycles. The smallest absolute Gasteiger partial charge is 0.317 e. The molecule has 0 unspecified atom stereocenters. The monoisotopic (exact) mass is 140 g/mol. The van der Waals surface area contributed by atoms with Crippen molar-refractivity contribution in [3.05, 3.63) is 0 Å². The number of hydrogen-bond donors (Lipinski definition) is 1. The molecule has 0 aliphatic rings. The summed E-state index contributed by atoms with van der Waals surface area (Å²) in [6.07, 6.45) is 4.99. The highest BCUT2D eigenvalue weighted by Gasteiger charge is 2.02. The number of carbonyl (C=O) groups is 1. The minimum Gasteiger partial charge on any atom is -0.338 e. The Balaban J connectivity index is 3.62. The van der Waals surface area contributed by atoms with E-state index in [4.69, 9.17) is 6.42 Å². The van der Waals surface area contributed by atoms with Crippen molar-refractivity contribution in [2.24, 2.45) is 0 Å². The van der Waals surface area contributed by atoms with Gasteiger partial charge < -0.3 is 10.2 Å². The Labute approximate surface area is 61.4 Å². The van der Waals surface area contributed by atoms with E-state index < -0.39 is 0 Å². The van der Waals surface area contributed by atoms with Crippen molar-refractivity contribution < 1.29 is 4.79 Å². The number of terminal acetylenes is 1. The molecule has 0 radical (unpaired) electrons. The lowest BCUT2D eigenvalue weighted by atomic mass is 10.6. The first-order chi connectivity index (χ1) is 4.72. The number of carbonyl (C=O) groups excluding carboxylic acids is 1. The molecule has 0 rings (SSSR count). The molecule has 2 amide bonds. The normalized spacial score (nSPS) is 8.10. The molecule has 0 aromatic carbocycles. The lowest BCUT2D eigenvalue weighted by Gasteiger charge is -2.13. The van der Waals surface area contributed by atoms with E-state index in [0.717, 1.165) is 0 Å². The summed E-state index contributed by atoms with van der Waals surface area (Å²) in [4.78, 5) is 12.3. The van der Waals surface area contributed by atoms with Crippen molar-refractivity contribution in [2.75, 3.05) is 20.1 Å². The van der Waals surface area contributed by atoms with E-state index in [2.05, 4.69) is 11.2 Å². The summed E-state index contributed by atoms with van der Waals surface area (Å²) in [6.45, 7) is 2.85. The molecular formula is C7H12N2O. The van der Waals surface area contributed by atoms with Crippen LogP contribution in [0.15, 0.2) is 0 Å². The topological polar surface area (TPSA) is 32.3 Å². The van der Waals surface area contributed by atoms with Gasteiger partial charge in [-0.3, -0.25) is 0 Å². The van der Waals surface area contributed by atoms with E-state index in [1.54, 1.807) is 7.05 Å². The molecule has 0 spiro atoms. The van der Waals surface area contributed by atoms with Crippen molar-refractivity contribution in [1.29, 1.82) is 0 Å². The minimum absolute atomic E-state index is 0.125. The average Bonchev–Trinajstić information content (AvgIpc) is 1.89. The largest absolute Gasteiger partial charge is 0.338 e.